The molecule has 0 aromatic carbocycles. The molecule has 0 fully saturated rings. The zero-order valence-corrected chi connectivity index (χ0v) is 8.53. The molecule has 0 bridgehead atoms. The van der Waals surface area contributed by atoms with Gasteiger partial charge in [0.2, 0.25) is 0 Å². The average molecular weight is 181 g/mol. The third-order valence-corrected chi connectivity index (χ3v) is 2.35. The van der Waals surface area contributed by atoms with E-state index in [1.54, 1.807) is 0 Å². The lowest BCUT2D eigenvalue weighted by Gasteiger charge is -2.21. The smallest absolute Gasteiger partial charge is 0.0489 e. The van der Waals surface area contributed by atoms with E-state index in [0.717, 1.165) is 25.9 Å². The number of hydrogen-bond acceptors (Lipinski definition) is 2. The van der Waals surface area contributed by atoms with E-state index in [2.05, 4.69) is 18.9 Å². The normalized spacial score (nSPS) is 11.9. The van der Waals surface area contributed by atoms with Crippen LogP contribution in [0.4, 0.5) is 0 Å². The van der Waals surface area contributed by atoms with E-state index in [4.69, 9.17) is 5.73 Å². The molecule has 0 saturated heterocycles. The second kappa shape index (κ2) is 4.42. The number of rotatable bonds is 5. The van der Waals surface area contributed by atoms with Crippen molar-refractivity contribution in [2.75, 3.05) is 6.54 Å². The molecule has 0 aliphatic rings. The van der Waals surface area contributed by atoms with E-state index in [0.29, 0.717) is 0 Å². The van der Waals surface area contributed by atoms with Crippen LogP contribution >= 0.6 is 0 Å². The summed E-state index contributed by atoms with van der Waals surface area (Å²) in [5.41, 5.74) is 5.91. The molecule has 13 heavy (non-hydrogen) atoms. The Labute approximate surface area is 79.9 Å². The van der Waals surface area contributed by atoms with Crippen LogP contribution in [0.2, 0.25) is 0 Å². The first-order valence-corrected chi connectivity index (χ1v) is 4.81. The molecule has 1 aromatic rings. The lowest BCUT2D eigenvalue weighted by atomic mass is 9.88. The van der Waals surface area contributed by atoms with Crippen molar-refractivity contribution in [3.63, 3.8) is 0 Å². The van der Waals surface area contributed by atoms with Crippen LogP contribution in [0, 0.1) is 5.41 Å². The molecular formula is C10H19N3. The lowest BCUT2D eigenvalue weighted by molar-refractivity contribution is 0.324. The minimum atomic E-state index is 0.271. The molecule has 1 aromatic heterocycles. The standard InChI is InChI=1S/C10H19N3/c1-10(2,9-11)5-3-7-13-8-4-6-12-13/h4,6,8H,3,5,7,9,11H2,1-2H3. The van der Waals surface area contributed by atoms with Crippen LogP contribution in [0.3, 0.4) is 0 Å². The van der Waals surface area contributed by atoms with Gasteiger partial charge in [-0.15, -0.1) is 0 Å². The van der Waals surface area contributed by atoms with Crippen molar-refractivity contribution in [1.82, 2.24) is 9.78 Å². The largest absolute Gasteiger partial charge is 0.330 e. The molecule has 0 saturated carbocycles. The summed E-state index contributed by atoms with van der Waals surface area (Å²) in [4.78, 5) is 0. The average Bonchev–Trinajstić information content (AvgIpc) is 2.57. The molecule has 74 valence electrons. The Morgan fingerprint density at radius 3 is 2.77 bits per heavy atom. The minimum Gasteiger partial charge on any atom is -0.330 e. The van der Waals surface area contributed by atoms with Gasteiger partial charge in [0.25, 0.3) is 0 Å². The summed E-state index contributed by atoms with van der Waals surface area (Å²) in [6.45, 7) is 6.16. The monoisotopic (exact) mass is 181 g/mol. The van der Waals surface area contributed by atoms with Crippen LogP contribution in [-0.2, 0) is 6.54 Å². The Hall–Kier alpha value is -0.830. The Bertz CT molecular complexity index is 226. The fraction of sp³-hybridized carbons (Fsp3) is 0.700. The van der Waals surface area contributed by atoms with Crippen LogP contribution in [0.5, 0.6) is 0 Å². The van der Waals surface area contributed by atoms with Crippen molar-refractivity contribution in [3.8, 4) is 0 Å². The zero-order valence-electron chi connectivity index (χ0n) is 8.53. The predicted octanol–water partition coefficient (Wildman–Crippen LogP) is 1.65. The first-order chi connectivity index (χ1) is 6.14. The van der Waals surface area contributed by atoms with E-state index in [1.165, 1.54) is 0 Å². The Morgan fingerprint density at radius 2 is 2.23 bits per heavy atom. The Kier molecular flexibility index (Phi) is 3.48. The third-order valence-electron chi connectivity index (χ3n) is 2.35. The van der Waals surface area contributed by atoms with Crippen molar-refractivity contribution in [2.24, 2.45) is 11.1 Å². The topological polar surface area (TPSA) is 43.8 Å². The maximum absolute atomic E-state index is 5.64. The first-order valence-electron chi connectivity index (χ1n) is 4.81. The summed E-state index contributed by atoms with van der Waals surface area (Å²) in [5.74, 6) is 0. The molecule has 0 atom stereocenters. The van der Waals surface area contributed by atoms with E-state index in [9.17, 15) is 0 Å². The van der Waals surface area contributed by atoms with E-state index in [1.807, 2.05) is 23.1 Å². The zero-order chi connectivity index (χ0) is 9.73. The van der Waals surface area contributed by atoms with Gasteiger partial charge in [-0.2, -0.15) is 5.10 Å². The number of nitrogens with zero attached hydrogens (tertiary/aromatic N) is 2. The van der Waals surface area contributed by atoms with Gasteiger partial charge in [0, 0.05) is 18.9 Å². The molecule has 1 rings (SSSR count). The SMILES string of the molecule is CC(C)(CN)CCCn1cccn1. The molecule has 0 aliphatic carbocycles. The number of hydrogen-bond donors (Lipinski definition) is 1. The summed E-state index contributed by atoms with van der Waals surface area (Å²) < 4.78 is 1.96. The van der Waals surface area contributed by atoms with Crippen LogP contribution in [-0.4, -0.2) is 16.3 Å². The summed E-state index contributed by atoms with van der Waals surface area (Å²) in [6, 6.07) is 1.95. The van der Waals surface area contributed by atoms with Crippen LogP contribution in [0.1, 0.15) is 26.7 Å². The van der Waals surface area contributed by atoms with Crippen LogP contribution in [0.25, 0.3) is 0 Å². The van der Waals surface area contributed by atoms with Crippen LogP contribution < -0.4 is 5.73 Å². The van der Waals surface area contributed by atoms with Crippen molar-refractivity contribution in [1.29, 1.82) is 0 Å². The second-order valence-electron chi connectivity index (χ2n) is 4.24. The van der Waals surface area contributed by atoms with Crippen molar-refractivity contribution in [2.45, 2.75) is 33.2 Å². The lowest BCUT2D eigenvalue weighted by Crippen LogP contribution is -2.23. The predicted molar refractivity (Wildman–Crippen MR) is 54.3 cm³/mol. The Balaban J connectivity index is 2.21. The molecule has 1 heterocycles. The van der Waals surface area contributed by atoms with Gasteiger partial charge in [-0.3, -0.25) is 4.68 Å². The molecule has 2 N–H and O–H groups in total. The molecular weight excluding hydrogens is 162 g/mol. The summed E-state index contributed by atoms with van der Waals surface area (Å²) in [7, 11) is 0. The number of aryl methyl sites for hydroxylation is 1. The number of nitrogens with two attached hydrogens (primary N) is 1. The molecule has 3 heteroatoms. The number of aromatic nitrogens is 2. The van der Waals surface area contributed by atoms with E-state index in [-0.39, 0.29) is 5.41 Å². The molecule has 0 aliphatic heterocycles. The molecule has 3 nitrogen and oxygen atoms in total. The van der Waals surface area contributed by atoms with E-state index < -0.39 is 0 Å². The summed E-state index contributed by atoms with van der Waals surface area (Å²) >= 11 is 0. The summed E-state index contributed by atoms with van der Waals surface area (Å²) in [6.07, 6.45) is 6.11. The maximum Gasteiger partial charge on any atom is 0.0489 e. The van der Waals surface area contributed by atoms with Gasteiger partial charge in [-0.05, 0) is 30.9 Å². The van der Waals surface area contributed by atoms with Crippen LogP contribution in [0.15, 0.2) is 18.5 Å². The van der Waals surface area contributed by atoms with Gasteiger partial charge in [-0.25, -0.2) is 0 Å². The van der Waals surface area contributed by atoms with E-state index >= 15 is 0 Å². The van der Waals surface area contributed by atoms with Crippen molar-refractivity contribution in [3.05, 3.63) is 18.5 Å². The molecule has 0 radical (unpaired) electrons. The highest BCUT2D eigenvalue weighted by atomic mass is 15.3. The quantitative estimate of drug-likeness (QED) is 0.750. The second-order valence-corrected chi connectivity index (χ2v) is 4.24. The highest BCUT2D eigenvalue weighted by Gasteiger charge is 2.14. The third kappa shape index (κ3) is 3.59. The highest BCUT2D eigenvalue weighted by Crippen LogP contribution is 2.20. The first kappa shape index (κ1) is 10.3. The summed E-state index contributed by atoms with van der Waals surface area (Å²) in [5, 5.41) is 4.15. The van der Waals surface area contributed by atoms with Gasteiger partial charge in [0.15, 0.2) is 0 Å². The van der Waals surface area contributed by atoms with Crippen molar-refractivity contribution < 1.29 is 0 Å². The van der Waals surface area contributed by atoms with Gasteiger partial charge in [-0.1, -0.05) is 13.8 Å². The minimum absolute atomic E-state index is 0.271. The van der Waals surface area contributed by atoms with Crippen molar-refractivity contribution >= 4 is 0 Å². The van der Waals surface area contributed by atoms with Gasteiger partial charge >= 0.3 is 0 Å². The highest BCUT2D eigenvalue weighted by molar-refractivity contribution is 4.78. The maximum atomic E-state index is 5.64. The fourth-order valence-electron chi connectivity index (χ4n) is 1.25. The fourth-order valence-corrected chi connectivity index (χ4v) is 1.25. The molecule has 0 unspecified atom stereocenters. The molecule has 0 amide bonds. The van der Waals surface area contributed by atoms with Gasteiger partial charge in [0.05, 0.1) is 0 Å². The van der Waals surface area contributed by atoms with Gasteiger partial charge < -0.3 is 5.73 Å². The van der Waals surface area contributed by atoms with Gasteiger partial charge in [0.1, 0.15) is 0 Å². The molecule has 0 spiro atoms. The Morgan fingerprint density at radius 1 is 1.46 bits per heavy atom.